The van der Waals surface area contributed by atoms with Crippen LogP contribution < -0.4 is 5.32 Å². The molecule has 1 heterocycles. The number of aromatic nitrogens is 3. The van der Waals surface area contributed by atoms with Crippen molar-refractivity contribution in [3.63, 3.8) is 0 Å². The maximum absolute atomic E-state index is 11.2. The van der Waals surface area contributed by atoms with Crippen LogP contribution >= 0.6 is 0 Å². The molecule has 0 unspecified atom stereocenters. The van der Waals surface area contributed by atoms with Crippen molar-refractivity contribution in [1.82, 2.24) is 15.2 Å². The Morgan fingerprint density at radius 3 is 3.06 bits per heavy atom. The molecular weight excluding hydrogens is 210 g/mol. The Morgan fingerprint density at radius 1 is 1.69 bits per heavy atom. The first-order valence-electron chi connectivity index (χ1n) is 4.45. The second kappa shape index (κ2) is 6.08. The fourth-order valence-electron chi connectivity index (χ4n) is 0.796. The van der Waals surface area contributed by atoms with E-state index < -0.39 is 5.97 Å². The van der Waals surface area contributed by atoms with Crippen molar-refractivity contribution in [2.24, 2.45) is 0 Å². The maximum Gasteiger partial charge on any atom is 0.350 e. The summed E-state index contributed by atoms with van der Waals surface area (Å²) in [7, 11) is 0. The average Bonchev–Trinajstić information content (AvgIpc) is 2.31. The molecule has 0 aliphatic heterocycles. The van der Waals surface area contributed by atoms with Gasteiger partial charge in [-0.1, -0.05) is 0 Å². The highest BCUT2D eigenvalue weighted by molar-refractivity contribution is 5.92. The van der Waals surface area contributed by atoms with Crippen molar-refractivity contribution >= 4 is 11.9 Å². The van der Waals surface area contributed by atoms with Gasteiger partial charge in [-0.05, 0) is 6.92 Å². The Bertz CT molecular complexity index is 423. The normalized spacial score (nSPS) is 10.4. The topological polar surface area (TPSA) is 101 Å². The molecule has 0 aliphatic carbocycles. The second-order valence-corrected chi connectivity index (χ2v) is 2.50. The number of ether oxygens (including phenoxy) is 1. The quantitative estimate of drug-likeness (QED) is 0.440. The summed E-state index contributed by atoms with van der Waals surface area (Å²) in [6.45, 7) is 1.87. The Hall–Kier alpha value is -2.49. The summed E-state index contributed by atoms with van der Waals surface area (Å²) in [5, 5.41) is 18.4. The highest BCUT2D eigenvalue weighted by Gasteiger charge is 2.09. The van der Waals surface area contributed by atoms with Gasteiger partial charge < -0.3 is 10.1 Å². The predicted molar refractivity (Wildman–Crippen MR) is 53.8 cm³/mol. The van der Waals surface area contributed by atoms with Gasteiger partial charge >= 0.3 is 5.97 Å². The first-order chi connectivity index (χ1) is 7.77. The van der Waals surface area contributed by atoms with Crippen LogP contribution in [-0.2, 0) is 9.53 Å². The van der Waals surface area contributed by atoms with E-state index in [2.05, 4.69) is 25.2 Å². The third-order valence-electron chi connectivity index (χ3n) is 1.44. The average molecular weight is 219 g/mol. The van der Waals surface area contributed by atoms with Crippen LogP contribution in [0.5, 0.6) is 0 Å². The molecule has 0 spiro atoms. The lowest BCUT2D eigenvalue weighted by Gasteiger charge is -2.00. The molecule has 0 bridgehead atoms. The van der Waals surface area contributed by atoms with Crippen molar-refractivity contribution in [3.05, 3.63) is 24.2 Å². The zero-order valence-corrected chi connectivity index (χ0v) is 8.54. The minimum atomic E-state index is -0.693. The molecule has 1 aromatic rings. The van der Waals surface area contributed by atoms with Crippen LogP contribution in [0.3, 0.4) is 0 Å². The van der Waals surface area contributed by atoms with Crippen molar-refractivity contribution in [1.29, 1.82) is 5.26 Å². The monoisotopic (exact) mass is 219 g/mol. The molecule has 0 fully saturated rings. The molecule has 0 saturated heterocycles. The molecule has 7 heteroatoms. The Balaban J connectivity index is 2.68. The summed E-state index contributed by atoms with van der Waals surface area (Å²) >= 11 is 0. The molecule has 0 radical (unpaired) electrons. The number of carbonyl (C=O) groups is 1. The van der Waals surface area contributed by atoms with Crippen LogP contribution in [0.4, 0.5) is 5.95 Å². The highest BCUT2D eigenvalue weighted by Crippen LogP contribution is 1.99. The lowest BCUT2D eigenvalue weighted by atomic mass is 10.3. The van der Waals surface area contributed by atoms with E-state index in [-0.39, 0.29) is 18.1 Å². The molecule has 0 amide bonds. The second-order valence-electron chi connectivity index (χ2n) is 2.50. The Kier molecular flexibility index (Phi) is 4.40. The van der Waals surface area contributed by atoms with Crippen LogP contribution in [0.1, 0.15) is 6.92 Å². The number of hydrogen-bond acceptors (Lipinski definition) is 7. The smallest absolute Gasteiger partial charge is 0.350 e. The highest BCUT2D eigenvalue weighted by atomic mass is 16.5. The number of esters is 1. The van der Waals surface area contributed by atoms with Crippen LogP contribution in [0.15, 0.2) is 24.2 Å². The standard InChI is InChI=1S/C9H9N5O2/c1-2-16-8(15)7(5-10)6-12-9-11-3-4-13-14-9/h3-4,6H,2H2,1H3,(H,11,12,14)/b7-6+. The zero-order chi connectivity index (χ0) is 11.8. The third kappa shape index (κ3) is 3.34. The third-order valence-corrected chi connectivity index (χ3v) is 1.44. The molecule has 1 rings (SSSR count). The number of hydrogen-bond donors (Lipinski definition) is 1. The van der Waals surface area contributed by atoms with Crippen molar-refractivity contribution in [2.45, 2.75) is 6.92 Å². The summed E-state index contributed by atoms with van der Waals surface area (Å²) in [5.74, 6) is -0.499. The predicted octanol–water partition coefficient (Wildman–Crippen LogP) is 0.254. The zero-order valence-electron chi connectivity index (χ0n) is 8.54. The number of rotatable bonds is 4. The van der Waals surface area contributed by atoms with Gasteiger partial charge in [-0.15, -0.1) is 5.10 Å². The molecule has 0 saturated carbocycles. The SMILES string of the molecule is CCOC(=O)/C(C#N)=C/Nc1nccnn1. The van der Waals surface area contributed by atoms with Gasteiger partial charge in [0.25, 0.3) is 0 Å². The van der Waals surface area contributed by atoms with Crippen LogP contribution in [-0.4, -0.2) is 27.8 Å². The fourth-order valence-corrected chi connectivity index (χ4v) is 0.796. The van der Waals surface area contributed by atoms with Crippen molar-refractivity contribution in [2.75, 3.05) is 11.9 Å². The minimum Gasteiger partial charge on any atom is -0.462 e. The van der Waals surface area contributed by atoms with E-state index in [0.29, 0.717) is 0 Å². The summed E-state index contributed by atoms with van der Waals surface area (Å²) in [6.07, 6.45) is 4.01. The van der Waals surface area contributed by atoms with Gasteiger partial charge in [-0.2, -0.15) is 10.4 Å². The summed E-state index contributed by atoms with van der Waals surface area (Å²) in [5.41, 5.74) is -0.158. The number of nitriles is 1. The number of nitrogens with one attached hydrogen (secondary N) is 1. The van der Waals surface area contributed by atoms with E-state index in [1.54, 1.807) is 13.0 Å². The van der Waals surface area contributed by atoms with E-state index in [0.717, 1.165) is 0 Å². The largest absolute Gasteiger partial charge is 0.462 e. The van der Waals surface area contributed by atoms with Crippen LogP contribution in [0, 0.1) is 11.3 Å². The van der Waals surface area contributed by atoms with Gasteiger partial charge in [-0.25, -0.2) is 9.78 Å². The van der Waals surface area contributed by atoms with E-state index in [9.17, 15) is 4.79 Å². The van der Waals surface area contributed by atoms with Crippen molar-refractivity contribution < 1.29 is 9.53 Å². The summed E-state index contributed by atoms with van der Waals surface area (Å²) in [4.78, 5) is 15.0. The molecule has 1 N–H and O–H groups in total. The van der Waals surface area contributed by atoms with Gasteiger partial charge in [0.05, 0.1) is 19.0 Å². The van der Waals surface area contributed by atoms with Crippen LogP contribution in [0.2, 0.25) is 0 Å². The van der Waals surface area contributed by atoms with E-state index in [4.69, 9.17) is 5.26 Å². The van der Waals surface area contributed by atoms with E-state index >= 15 is 0 Å². The summed E-state index contributed by atoms with van der Waals surface area (Å²) in [6, 6.07) is 1.70. The van der Waals surface area contributed by atoms with E-state index in [1.807, 2.05) is 0 Å². The van der Waals surface area contributed by atoms with Gasteiger partial charge in [-0.3, -0.25) is 0 Å². The maximum atomic E-state index is 11.2. The molecular formula is C9H9N5O2. The Morgan fingerprint density at radius 2 is 2.50 bits per heavy atom. The Labute approximate surface area is 91.8 Å². The van der Waals surface area contributed by atoms with Gasteiger partial charge in [0.1, 0.15) is 6.07 Å². The molecule has 0 atom stereocenters. The fraction of sp³-hybridized carbons (Fsp3) is 0.222. The molecule has 82 valence electrons. The molecule has 0 aromatic carbocycles. The van der Waals surface area contributed by atoms with Gasteiger partial charge in [0.2, 0.25) is 5.95 Å². The van der Waals surface area contributed by atoms with E-state index in [1.165, 1.54) is 18.6 Å². The summed E-state index contributed by atoms with van der Waals surface area (Å²) < 4.78 is 4.66. The first kappa shape index (κ1) is 11.6. The minimum absolute atomic E-state index is 0.158. The lowest BCUT2D eigenvalue weighted by Crippen LogP contribution is -2.08. The molecule has 1 aromatic heterocycles. The molecule has 0 aliphatic rings. The molecule has 16 heavy (non-hydrogen) atoms. The number of nitrogens with zero attached hydrogens (tertiary/aromatic N) is 4. The number of anilines is 1. The first-order valence-corrected chi connectivity index (χ1v) is 4.45. The number of carbonyl (C=O) groups excluding carboxylic acids is 1. The lowest BCUT2D eigenvalue weighted by molar-refractivity contribution is -0.138. The van der Waals surface area contributed by atoms with Crippen LogP contribution in [0.25, 0.3) is 0 Å². The van der Waals surface area contributed by atoms with Gasteiger partial charge in [0.15, 0.2) is 5.57 Å². The van der Waals surface area contributed by atoms with Gasteiger partial charge in [0, 0.05) is 6.20 Å². The molecule has 7 nitrogen and oxygen atoms in total. The van der Waals surface area contributed by atoms with Crippen molar-refractivity contribution in [3.8, 4) is 6.07 Å².